The molecule has 0 fully saturated rings. The second kappa shape index (κ2) is 2.26. The van der Waals surface area contributed by atoms with E-state index in [0.29, 0.717) is 6.08 Å². The molecular weight excluding hydrogens is 121 g/mol. The predicted molar refractivity (Wildman–Crippen MR) is 25.6 cm³/mol. The molecule has 0 aliphatic carbocycles. The Morgan fingerprint density at radius 1 is 1.57 bits per heavy atom. The first kappa shape index (κ1) is 6.89. The lowest BCUT2D eigenvalue weighted by atomic mass is 10.4. The van der Waals surface area contributed by atoms with Crippen molar-refractivity contribution >= 4 is 11.6 Å². The third-order valence-electron chi connectivity index (χ3n) is 0.356. The summed E-state index contributed by atoms with van der Waals surface area (Å²) in [7, 11) is 0. The van der Waals surface area contributed by atoms with Gasteiger partial charge in [-0.25, -0.2) is 8.78 Å². The number of alkyl halides is 2. The molecule has 0 spiro atoms. The van der Waals surface area contributed by atoms with Crippen LogP contribution < -0.4 is 0 Å². The molecule has 0 atom stereocenters. The molecule has 0 N–H and O–H groups in total. The Kier molecular flexibility index (Phi) is 2.23. The van der Waals surface area contributed by atoms with E-state index >= 15 is 0 Å². The third-order valence-corrected chi connectivity index (χ3v) is 0.482. The Hall–Kier alpha value is -0.110. The summed E-state index contributed by atoms with van der Waals surface area (Å²) >= 11 is 4.83. The van der Waals surface area contributed by atoms with E-state index in [0.717, 1.165) is 12.5 Å². The molecule has 0 aromatic rings. The van der Waals surface area contributed by atoms with Crippen LogP contribution >= 0.6 is 11.6 Å². The third kappa shape index (κ3) is 5.89. The molecule has 0 rings (SSSR count). The van der Waals surface area contributed by atoms with Gasteiger partial charge in [0.15, 0.2) is 0 Å². The minimum Gasteiger partial charge on any atom is -0.202 e. The van der Waals surface area contributed by atoms with Crippen LogP contribution in [0.25, 0.3) is 0 Å². The largest absolute Gasteiger partial charge is 0.264 e. The van der Waals surface area contributed by atoms with Crippen molar-refractivity contribution in [2.24, 2.45) is 0 Å². The van der Waals surface area contributed by atoms with Crippen LogP contribution in [-0.4, -0.2) is 5.92 Å². The lowest BCUT2D eigenvalue weighted by molar-refractivity contribution is 0.0777. The first-order valence-corrected chi connectivity index (χ1v) is 2.15. The van der Waals surface area contributed by atoms with Crippen molar-refractivity contribution in [3.63, 3.8) is 0 Å². The first-order chi connectivity index (χ1) is 3.06. The van der Waals surface area contributed by atoms with Crippen LogP contribution in [-0.2, 0) is 0 Å². The van der Waals surface area contributed by atoms with E-state index in [2.05, 4.69) is 0 Å². The lowest BCUT2D eigenvalue weighted by Gasteiger charge is -1.98. The maximum atomic E-state index is 11.6. The topological polar surface area (TPSA) is 0 Å². The molecule has 0 bridgehead atoms. The highest BCUT2D eigenvalue weighted by Gasteiger charge is 2.14. The minimum absolute atomic E-state index is 0.620. The van der Waals surface area contributed by atoms with Gasteiger partial charge in [-0.1, -0.05) is 11.6 Å². The van der Waals surface area contributed by atoms with Gasteiger partial charge in [-0.2, -0.15) is 0 Å². The fraction of sp³-hybridized carbons (Fsp3) is 0.500. The molecule has 0 amide bonds. The van der Waals surface area contributed by atoms with Gasteiger partial charge in [0.2, 0.25) is 0 Å². The normalized spacial score (nSPS) is 13.1. The van der Waals surface area contributed by atoms with Crippen molar-refractivity contribution in [2.75, 3.05) is 0 Å². The molecule has 3 heteroatoms. The van der Waals surface area contributed by atoms with Crippen molar-refractivity contribution in [1.29, 1.82) is 0 Å². The maximum absolute atomic E-state index is 11.6. The van der Waals surface area contributed by atoms with Crippen LogP contribution in [0.3, 0.4) is 0 Å². The van der Waals surface area contributed by atoms with Gasteiger partial charge in [0.1, 0.15) is 0 Å². The van der Waals surface area contributed by atoms with Crippen LogP contribution in [0, 0.1) is 0 Å². The molecule has 0 nitrogen and oxygen atoms in total. The summed E-state index contributed by atoms with van der Waals surface area (Å²) in [6.45, 7) is 0.770. The number of hydrogen-bond donors (Lipinski definition) is 0. The van der Waals surface area contributed by atoms with Crippen molar-refractivity contribution in [3.8, 4) is 0 Å². The zero-order valence-corrected chi connectivity index (χ0v) is 4.54. The lowest BCUT2D eigenvalue weighted by Crippen LogP contribution is -2.02. The summed E-state index contributed by atoms with van der Waals surface area (Å²) < 4.78 is 23.1. The highest BCUT2D eigenvalue weighted by atomic mass is 35.5. The Balaban J connectivity index is 3.56. The quantitative estimate of drug-likeness (QED) is 0.506. The van der Waals surface area contributed by atoms with Crippen LogP contribution in [0.4, 0.5) is 8.78 Å². The molecule has 0 radical (unpaired) electrons. The van der Waals surface area contributed by atoms with Gasteiger partial charge in [0.05, 0.1) is 0 Å². The highest BCUT2D eigenvalue weighted by molar-refractivity contribution is 6.25. The monoisotopic (exact) mass is 126 g/mol. The molecule has 7 heavy (non-hydrogen) atoms. The summed E-state index contributed by atoms with van der Waals surface area (Å²) in [6, 6.07) is 0. The molecule has 0 heterocycles. The first-order valence-electron chi connectivity index (χ1n) is 1.72. The minimum atomic E-state index is -2.76. The number of hydrogen-bond acceptors (Lipinski definition) is 0. The van der Waals surface area contributed by atoms with Crippen molar-refractivity contribution < 1.29 is 8.78 Å². The van der Waals surface area contributed by atoms with Gasteiger partial charge in [0.25, 0.3) is 5.92 Å². The standard InChI is InChI=1S/C4H5ClF2/c1-4(6,7)2-3-5/h2-3H,1H3. The Morgan fingerprint density at radius 3 is 2.00 bits per heavy atom. The molecule has 0 aromatic heterocycles. The van der Waals surface area contributed by atoms with Crippen molar-refractivity contribution in [2.45, 2.75) is 12.8 Å². The SMILES string of the molecule is CC(F)(F)C=CCl. The molecular formula is C4H5ClF2. The smallest absolute Gasteiger partial charge is 0.202 e. The van der Waals surface area contributed by atoms with Crippen molar-refractivity contribution in [1.82, 2.24) is 0 Å². The van der Waals surface area contributed by atoms with E-state index in [-0.39, 0.29) is 0 Å². The Bertz CT molecular complexity index is 72.2. The van der Waals surface area contributed by atoms with Crippen LogP contribution in [0.15, 0.2) is 11.6 Å². The van der Waals surface area contributed by atoms with E-state index in [1.807, 2.05) is 0 Å². The van der Waals surface area contributed by atoms with Crippen molar-refractivity contribution in [3.05, 3.63) is 11.6 Å². The van der Waals surface area contributed by atoms with Crippen LogP contribution in [0.1, 0.15) is 6.92 Å². The Labute approximate surface area is 45.8 Å². The Morgan fingerprint density at radius 2 is 2.00 bits per heavy atom. The molecule has 0 saturated carbocycles. The molecule has 0 saturated heterocycles. The van der Waals surface area contributed by atoms with E-state index in [9.17, 15) is 8.78 Å². The fourth-order valence-corrected chi connectivity index (χ4v) is 0.332. The van der Waals surface area contributed by atoms with Crippen LogP contribution in [0.5, 0.6) is 0 Å². The highest BCUT2D eigenvalue weighted by Crippen LogP contribution is 2.12. The van der Waals surface area contributed by atoms with Gasteiger partial charge < -0.3 is 0 Å². The fourth-order valence-electron chi connectivity index (χ4n) is 0.111. The second-order valence-corrected chi connectivity index (χ2v) is 1.50. The zero-order chi connectivity index (χ0) is 5.91. The summed E-state index contributed by atoms with van der Waals surface area (Å²) in [6.07, 6.45) is 0.620. The van der Waals surface area contributed by atoms with Gasteiger partial charge in [-0.3, -0.25) is 0 Å². The summed E-state index contributed by atoms with van der Waals surface area (Å²) in [5.74, 6) is -2.76. The van der Waals surface area contributed by atoms with E-state index in [4.69, 9.17) is 11.6 Å². The van der Waals surface area contributed by atoms with E-state index in [1.54, 1.807) is 0 Å². The number of allylic oxidation sites excluding steroid dienone is 1. The van der Waals surface area contributed by atoms with Gasteiger partial charge in [-0.15, -0.1) is 0 Å². The predicted octanol–water partition coefficient (Wildman–Crippen LogP) is 2.39. The number of rotatable bonds is 1. The van der Waals surface area contributed by atoms with Gasteiger partial charge in [0, 0.05) is 12.5 Å². The summed E-state index contributed by atoms with van der Waals surface area (Å²) in [5.41, 5.74) is 0.806. The molecule has 0 aromatic carbocycles. The van der Waals surface area contributed by atoms with E-state index < -0.39 is 5.92 Å². The van der Waals surface area contributed by atoms with Crippen LogP contribution in [0.2, 0.25) is 0 Å². The van der Waals surface area contributed by atoms with Gasteiger partial charge in [-0.05, 0) is 6.08 Å². The van der Waals surface area contributed by atoms with Gasteiger partial charge >= 0.3 is 0 Å². The summed E-state index contributed by atoms with van der Waals surface area (Å²) in [5, 5.41) is 0. The average molecular weight is 127 g/mol. The molecule has 0 unspecified atom stereocenters. The summed E-state index contributed by atoms with van der Waals surface area (Å²) in [4.78, 5) is 0. The number of halogens is 3. The molecule has 0 aliphatic heterocycles. The zero-order valence-electron chi connectivity index (χ0n) is 3.79. The van der Waals surface area contributed by atoms with E-state index in [1.165, 1.54) is 0 Å². The second-order valence-electron chi connectivity index (χ2n) is 1.25. The molecule has 42 valence electrons. The molecule has 0 aliphatic rings. The maximum Gasteiger partial charge on any atom is 0.264 e. The average Bonchev–Trinajstić information content (AvgIpc) is 1.30.